The van der Waals surface area contributed by atoms with Crippen LogP contribution < -0.4 is 0 Å². The van der Waals surface area contributed by atoms with E-state index in [0.717, 1.165) is 0 Å². The zero-order chi connectivity index (χ0) is 6.78. The van der Waals surface area contributed by atoms with E-state index < -0.39 is 12.3 Å². The lowest BCUT2D eigenvalue weighted by atomic mass is 10.3. The Morgan fingerprint density at radius 2 is 1.67 bits per heavy atom. The van der Waals surface area contributed by atoms with Crippen LogP contribution in [-0.2, 0) is 0 Å². The topological polar surface area (TPSA) is 0 Å². The number of alkyl halides is 4. The summed E-state index contributed by atoms with van der Waals surface area (Å²) in [5.41, 5.74) is 0. The molecule has 0 aromatic carbocycles. The molecule has 0 atom stereocenters. The molecule has 0 unspecified atom stereocenters. The zero-order valence-electron chi connectivity index (χ0n) is 4.28. The molecule has 0 radical (unpaired) electrons. The van der Waals surface area contributed by atoms with Crippen LogP contribution in [0.4, 0.5) is 17.6 Å². The molecular formula is C4H5F4I. The van der Waals surface area contributed by atoms with Crippen molar-refractivity contribution in [1.29, 1.82) is 0 Å². The Morgan fingerprint density at radius 3 is 1.67 bits per heavy atom. The molecule has 0 aliphatic heterocycles. The van der Waals surface area contributed by atoms with Gasteiger partial charge in [0.1, 0.15) is 0 Å². The van der Waals surface area contributed by atoms with Gasteiger partial charge in [-0.3, -0.25) is 0 Å². The first-order valence-corrected chi connectivity index (χ1v) is 1.80. The molecule has 0 aliphatic carbocycles. The summed E-state index contributed by atoms with van der Waals surface area (Å²) < 4.78 is 44.8. The third-order valence-electron chi connectivity index (χ3n) is 0.563. The minimum Gasteiger partial charge on any atom is -0.203 e. The van der Waals surface area contributed by atoms with E-state index in [2.05, 4.69) is 6.58 Å². The van der Waals surface area contributed by atoms with Crippen LogP contribution in [0.5, 0.6) is 0 Å². The quantitative estimate of drug-likeness (QED) is 0.405. The van der Waals surface area contributed by atoms with Gasteiger partial charge in [-0.05, 0) is 6.08 Å². The Bertz CT molecular complexity index is 90.6. The molecule has 56 valence electrons. The van der Waals surface area contributed by atoms with Crippen LogP contribution in [0.3, 0.4) is 0 Å². The Morgan fingerprint density at radius 1 is 1.33 bits per heavy atom. The van der Waals surface area contributed by atoms with E-state index in [1.165, 1.54) is 0 Å². The number of hydrogen-bond acceptors (Lipinski definition) is 0. The maximum atomic E-state index is 11.4. The average Bonchev–Trinajstić information content (AvgIpc) is 1.67. The summed E-state index contributed by atoms with van der Waals surface area (Å²) >= 11 is 0. The van der Waals surface area contributed by atoms with Crippen molar-refractivity contribution >= 4 is 24.0 Å². The van der Waals surface area contributed by atoms with Crippen LogP contribution in [0, 0.1) is 0 Å². The average molecular weight is 256 g/mol. The summed E-state index contributed by atoms with van der Waals surface area (Å²) in [4.78, 5) is 0. The van der Waals surface area contributed by atoms with Gasteiger partial charge in [0.2, 0.25) is 0 Å². The second-order valence-electron chi connectivity index (χ2n) is 1.18. The van der Waals surface area contributed by atoms with Crippen molar-refractivity contribution in [2.24, 2.45) is 0 Å². The van der Waals surface area contributed by atoms with E-state index in [9.17, 15) is 17.6 Å². The second-order valence-corrected chi connectivity index (χ2v) is 1.18. The van der Waals surface area contributed by atoms with Gasteiger partial charge >= 0.3 is 12.3 Å². The van der Waals surface area contributed by atoms with Gasteiger partial charge in [0.25, 0.3) is 0 Å². The minimum absolute atomic E-state index is 0. The zero-order valence-corrected chi connectivity index (χ0v) is 6.61. The van der Waals surface area contributed by atoms with Crippen LogP contribution in [0.2, 0.25) is 0 Å². The van der Waals surface area contributed by atoms with Crippen LogP contribution in [0.15, 0.2) is 12.7 Å². The highest BCUT2D eigenvalue weighted by Gasteiger charge is 2.36. The van der Waals surface area contributed by atoms with E-state index >= 15 is 0 Å². The summed E-state index contributed by atoms with van der Waals surface area (Å²) in [5, 5.41) is 0. The van der Waals surface area contributed by atoms with Crippen molar-refractivity contribution in [3.8, 4) is 0 Å². The molecule has 5 heteroatoms. The van der Waals surface area contributed by atoms with Crippen molar-refractivity contribution < 1.29 is 17.6 Å². The summed E-state index contributed by atoms with van der Waals surface area (Å²) in [7, 11) is 0. The van der Waals surface area contributed by atoms with Crippen LogP contribution in [0.1, 0.15) is 0 Å². The highest BCUT2D eigenvalue weighted by atomic mass is 127. The Labute approximate surface area is 67.0 Å². The molecule has 0 aromatic rings. The molecule has 0 aliphatic rings. The molecular weight excluding hydrogens is 251 g/mol. The van der Waals surface area contributed by atoms with Gasteiger partial charge < -0.3 is 0 Å². The molecule has 0 bridgehead atoms. The fourth-order valence-corrected chi connectivity index (χ4v) is 0.0891. The van der Waals surface area contributed by atoms with E-state index in [0.29, 0.717) is 0 Å². The lowest BCUT2D eigenvalue weighted by molar-refractivity contribution is -0.0903. The van der Waals surface area contributed by atoms with E-state index in [4.69, 9.17) is 0 Å². The van der Waals surface area contributed by atoms with Gasteiger partial charge in [0.05, 0.1) is 0 Å². The van der Waals surface area contributed by atoms with Gasteiger partial charge in [-0.2, -0.15) is 8.78 Å². The van der Waals surface area contributed by atoms with Gasteiger partial charge in [0, 0.05) is 0 Å². The third kappa shape index (κ3) is 3.72. The predicted octanol–water partition coefficient (Wildman–Crippen LogP) is 2.69. The van der Waals surface area contributed by atoms with Crippen molar-refractivity contribution in [3.05, 3.63) is 12.7 Å². The SMILES string of the molecule is C=CC(F)(F)C(F)F.I. The molecule has 0 fully saturated rings. The molecule has 0 heterocycles. The molecule has 0 spiro atoms. The lowest BCUT2D eigenvalue weighted by Crippen LogP contribution is -2.22. The predicted molar refractivity (Wildman–Crippen MR) is 36.6 cm³/mol. The van der Waals surface area contributed by atoms with Gasteiger partial charge in [-0.15, -0.1) is 24.0 Å². The fourth-order valence-electron chi connectivity index (χ4n) is 0.0891. The summed E-state index contributed by atoms with van der Waals surface area (Å²) in [6, 6.07) is 0. The van der Waals surface area contributed by atoms with Gasteiger partial charge in [0.15, 0.2) is 0 Å². The molecule has 0 rings (SSSR count). The molecule has 0 N–H and O–H groups in total. The number of allylic oxidation sites excluding steroid dienone is 1. The highest BCUT2D eigenvalue weighted by Crippen LogP contribution is 2.22. The van der Waals surface area contributed by atoms with Crippen molar-refractivity contribution in [2.75, 3.05) is 0 Å². The number of halogens is 5. The van der Waals surface area contributed by atoms with Crippen molar-refractivity contribution in [1.82, 2.24) is 0 Å². The first-order chi connectivity index (χ1) is 3.50. The molecule has 0 aromatic heterocycles. The second kappa shape index (κ2) is 4.08. The smallest absolute Gasteiger partial charge is 0.203 e. The molecule has 9 heavy (non-hydrogen) atoms. The molecule has 0 nitrogen and oxygen atoms in total. The molecule has 0 saturated carbocycles. The standard InChI is InChI=1S/C4H4F4.HI/c1-2-4(7,8)3(5)6;/h2-3H,1H2;1H. The van der Waals surface area contributed by atoms with E-state index in [-0.39, 0.29) is 30.1 Å². The fraction of sp³-hybridized carbons (Fsp3) is 0.500. The van der Waals surface area contributed by atoms with E-state index in [1.54, 1.807) is 0 Å². The third-order valence-corrected chi connectivity index (χ3v) is 0.563. The maximum absolute atomic E-state index is 11.4. The monoisotopic (exact) mass is 256 g/mol. The first kappa shape index (κ1) is 11.9. The van der Waals surface area contributed by atoms with Crippen LogP contribution in [0.25, 0.3) is 0 Å². The number of rotatable bonds is 2. The summed E-state index contributed by atoms with van der Waals surface area (Å²) in [6.07, 6.45) is -3.71. The molecule has 0 saturated heterocycles. The van der Waals surface area contributed by atoms with Crippen molar-refractivity contribution in [2.45, 2.75) is 12.3 Å². The van der Waals surface area contributed by atoms with E-state index in [1.807, 2.05) is 0 Å². The minimum atomic E-state index is -4.03. The van der Waals surface area contributed by atoms with Crippen LogP contribution in [-0.4, -0.2) is 12.3 Å². The Kier molecular flexibility index (Phi) is 5.40. The first-order valence-electron chi connectivity index (χ1n) is 1.80. The van der Waals surface area contributed by atoms with Crippen LogP contribution >= 0.6 is 24.0 Å². The van der Waals surface area contributed by atoms with Gasteiger partial charge in [-0.1, -0.05) is 6.58 Å². The van der Waals surface area contributed by atoms with Crippen molar-refractivity contribution in [3.63, 3.8) is 0 Å². The molecule has 0 amide bonds. The summed E-state index contributed by atoms with van der Waals surface area (Å²) in [5.74, 6) is -4.03. The highest BCUT2D eigenvalue weighted by molar-refractivity contribution is 14.0. The summed E-state index contributed by atoms with van der Waals surface area (Å²) in [6.45, 7) is 2.52. The maximum Gasteiger partial charge on any atom is 0.325 e. The largest absolute Gasteiger partial charge is 0.325 e. The van der Waals surface area contributed by atoms with Gasteiger partial charge in [-0.25, -0.2) is 8.78 Å². The lowest BCUT2D eigenvalue weighted by Gasteiger charge is -2.07. The number of hydrogen-bond donors (Lipinski definition) is 0. The Balaban J connectivity index is 0. The normalized spacial score (nSPS) is 10.8. The Hall–Kier alpha value is 0.190.